The number of carbonyl (C=O) groups is 1. The van der Waals surface area contributed by atoms with E-state index < -0.39 is 5.97 Å². The average Bonchev–Trinajstić information content (AvgIpc) is 3.08. The maximum Gasteiger partial charge on any atom is 0.337 e. The highest BCUT2D eigenvalue weighted by Crippen LogP contribution is 2.54. The lowest BCUT2D eigenvalue weighted by Gasteiger charge is -2.39. The van der Waals surface area contributed by atoms with Crippen molar-refractivity contribution in [2.75, 3.05) is 5.32 Å². The van der Waals surface area contributed by atoms with Gasteiger partial charge in [0.1, 0.15) is 0 Å². The van der Waals surface area contributed by atoms with E-state index in [-0.39, 0.29) is 12.0 Å². The second-order valence-corrected chi connectivity index (χ2v) is 8.10. The lowest BCUT2D eigenvalue weighted by molar-refractivity contribution is 0.0697. The summed E-state index contributed by atoms with van der Waals surface area (Å²) < 4.78 is 0. The molecule has 0 fully saturated rings. The highest BCUT2D eigenvalue weighted by atomic mass is 16.4. The first-order valence-corrected chi connectivity index (χ1v) is 9.82. The number of para-hydroxylation sites is 1. The first-order chi connectivity index (χ1) is 13.5. The van der Waals surface area contributed by atoms with Crippen molar-refractivity contribution < 1.29 is 9.90 Å². The Hall–Kier alpha value is -3.07. The number of carboxylic acids is 1. The van der Waals surface area contributed by atoms with Gasteiger partial charge in [-0.25, -0.2) is 4.79 Å². The Morgan fingerprint density at radius 3 is 2.57 bits per heavy atom. The summed E-state index contributed by atoms with van der Waals surface area (Å²) in [6.45, 7) is 4.26. The fourth-order valence-corrected chi connectivity index (χ4v) is 5.17. The van der Waals surface area contributed by atoms with Gasteiger partial charge in [-0.2, -0.15) is 0 Å². The van der Waals surface area contributed by atoms with Gasteiger partial charge >= 0.3 is 5.97 Å². The van der Waals surface area contributed by atoms with Gasteiger partial charge in [-0.15, -0.1) is 0 Å². The molecule has 3 nitrogen and oxygen atoms in total. The van der Waals surface area contributed by atoms with Gasteiger partial charge in [0.25, 0.3) is 0 Å². The van der Waals surface area contributed by atoms with E-state index >= 15 is 0 Å². The summed E-state index contributed by atoms with van der Waals surface area (Å²) in [5.41, 5.74) is 8.71. The normalized spacial score (nSPS) is 22.0. The first kappa shape index (κ1) is 17.1. The molecule has 3 aromatic carbocycles. The van der Waals surface area contributed by atoms with Crippen LogP contribution in [0, 0.1) is 19.8 Å². The Morgan fingerprint density at radius 2 is 1.75 bits per heavy atom. The summed E-state index contributed by atoms with van der Waals surface area (Å²) in [5, 5.41) is 13.4. The van der Waals surface area contributed by atoms with Crippen LogP contribution in [-0.2, 0) is 6.42 Å². The zero-order chi connectivity index (χ0) is 19.4. The van der Waals surface area contributed by atoms with Gasteiger partial charge < -0.3 is 10.4 Å². The number of carboxylic acid groups (broad SMARTS) is 1. The average molecular weight is 369 g/mol. The summed E-state index contributed by atoms with van der Waals surface area (Å²) in [6.07, 6.45) is 1.00. The van der Waals surface area contributed by atoms with Crippen LogP contribution < -0.4 is 5.32 Å². The molecule has 1 heterocycles. The van der Waals surface area contributed by atoms with Crippen molar-refractivity contribution in [1.29, 1.82) is 0 Å². The van der Waals surface area contributed by atoms with Crippen LogP contribution in [0.4, 0.5) is 5.69 Å². The van der Waals surface area contributed by atoms with Crippen molar-refractivity contribution >= 4 is 11.7 Å². The predicted octanol–water partition coefficient (Wildman–Crippen LogP) is 5.47. The lowest BCUT2D eigenvalue weighted by atomic mass is 9.74. The molecule has 3 aromatic rings. The fraction of sp³-hybridized carbons (Fsp3) is 0.240. The number of rotatable bonds is 2. The SMILES string of the molecule is Cc1ccc(C)c([C@@H]2Nc3c(C(=O)O)cccc3[C@H]3c4ccccc4C[C@H]32)c1. The molecule has 0 radical (unpaired) electrons. The van der Waals surface area contributed by atoms with Crippen LogP contribution in [0.2, 0.25) is 0 Å². The maximum atomic E-state index is 11.9. The number of hydrogen-bond donors (Lipinski definition) is 2. The van der Waals surface area contributed by atoms with Gasteiger partial charge in [0, 0.05) is 5.92 Å². The molecule has 2 aliphatic rings. The molecule has 0 bridgehead atoms. The van der Waals surface area contributed by atoms with E-state index in [4.69, 9.17) is 0 Å². The van der Waals surface area contributed by atoms with E-state index in [2.05, 4.69) is 67.7 Å². The minimum Gasteiger partial charge on any atom is -0.478 e. The third-order valence-electron chi connectivity index (χ3n) is 6.43. The van der Waals surface area contributed by atoms with Crippen molar-refractivity contribution in [2.45, 2.75) is 32.2 Å². The smallest absolute Gasteiger partial charge is 0.337 e. The maximum absolute atomic E-state index is 11.9. The Kier molecular flexibility index (Phi) is 3.80. The molecule has 1 aliphatic heterocycles. The monoisotopic (exact) mass is 369 g/mol. The Bertz CT molecular complexity index is 1100. The number of hydrogen-bond acceptors (Lipinski definition) is 2. The van der Waals surface area contributed by atoms with Crippen molar-refractivity contribution in [3.8, 4) is 0 Å². The predicted molar refractivity (Wildman–Crippen MR) is 111 cm³/mol. The third kappa shape index (κ3) is 2.46. The summed E-state index contributed by atoms with van der Waals surface area (Å²) in [7, 11) is 0. The molecule has 1 aliphatic carbocycles. The van der Waals surface area contributed by atoms with Crippen molar-refractivity contribution in [3.05, 3.63) is 99.6 Å². The van der Waals surface area contributed by atoms with Gasteiger partial charge in [0.2, 0.25) is 0 Å². The summed E-state index contributed by atoms with van der Waals surface area (Å²) in [6, 6.07) is 20.9. The van der Waals surface area contributed by atoms with E-state index in [9.17, 15) is 9.90 Å². The quantitative estimate of drug-likeness (QED) is 0.629. The first-order valence-electron chi connectivity index (χ1n) is 9.82. The Morgan fingerprint density at radius 1 is 0.964 bits per heavy atom. The minimum atomic E-state index is -0.881. The van der Waals surface area contributed by atoms with Gasteiger partial charge in [-0.05, 0) is 60.1 Å². The molecule has 0 aromatic heterocycles. The van der Waals surface area contributed by atoms with Gasteiger partial charge in [0.05, 0.1) is 17.3 Å². The topological polar surface area (TPSA) is 49.3 Å². The molecular formula is C25H23NO2. The van der Waals surface area contributed by atoms with E-state index in [1.165, 1.54) is 27.8 Å². The van der Waals surface area contributed by atoms with Crippen molar-refractivity contribution in [3.63, 3.8) is 0 Å². The van der Waals surface area contributed by atoms with Crippen LogP contribution in [0.3, 0.4) is 0 Å². The fourth-order valence-electron chi connectivity index (χ4n) is 5.17. The van der Waals surface area contributed by atoms with Gasteiger partial charge in [-0.3, -0.25) is 0 Å². The molecule has 0 saturated heterocycles. The van der Waals surface area contributed by atoms with Crippen LogP contribution in [0.1, 0.15) is 55.7 Å². The minimum absolute atomic E-state index is 0.0882. The Balaban J connectivity index is 1.75. The zero-order valence-electron chi connectivity index (χ0n) is 16.1. The second-order valence-electron chi connectivity index (χ2n) is 8.10. The van der Waals surface area contributed by atoms with Crippen LogP contribution in [0.15, 0.2) is 60.7 Å². The summed E-state index contributed by atoms with van der Waals surface area (Å²) >= 11 is 0. The summed E-state index contributed by atoms with van der Waals surface area (Å²) in [4.78, 5) is 11.9. The van der Waals surface area contributed by atoms with E-state index in [1.807, 2.05) is 6.07 Å². The van der Waals surface area contributed by atoms with Crippen LogP contribution >= 0.6 is 0 Å². The zero-order valence-corrected chi connectivity index (χ0v) is 16.1. The molecule has 140 valence electrons. The van der Waals surface area contributed by atoms with E-state index in [1.54, 1.807) is 6.07 Å². The number of aryl methyl sites for hydroxylation is 2. The van der Waals surface area contributed by atoms with Crippen molar-refractivity contribution in [2.24, 2.45) is 5.92 Å². The molecule has 0 spiro atoms. The number of nitrogens with one attached hydrogen (secondary N) is 1. The number of benzene rings is 3. The molecular weight excluding hydrogens is 346 g/mol. The lowest BCUT2D eigenvalue weighted by Crippen LogP contribution is -2.32. The van der Waals surface area contributed by atoms with E-state index in [0.717, 1.165) is 17.7 Å². The van der Waals surface area contributed by atoms with Crippen LogP contribution in [-0.4, -0.2) is 11.1 Å². The molecule has 0 unspecified atom stereocenters. The highest BCUT2D eigenvalue weighted by Gasteiger charge is 2.44. The second kappa shape index (κ2) is 6.23. The highest BCUT2D eigenvalue weighted by molar-refractivity contribution is 5.96. The molecule has 3 heteroatoms. The molecule has 0 saturated carbocycles. The molecule has 0 amide bonds. The van der Waals surface area contributed by atoms with Crippen LogP contribution in [0.25, 0.3) is 0 Å². The third-order valence-corrected chi connectivity index (χ3v) is 6.43. The summed E-state index contributed by atoms with van der Waals surface area (Å²) in [5.74, 6) is -0.292. The standard InChI is InChI=1S/C25H23NO2/c1-14-10-11-15(2)20(12-14)24-21-13-16-6-3-4-7-17(16)22(21)18-8-5-9-19(25(27)28)23(18)26-24/h3-12,21-22,24,26H,13H2,1-2H3,(H,27,28)/t21-,22-,24+/m1/s1. The van der Waals surface area contributed by atoms with Gasteiger partial charge in [-0.1, -0.05) is 60.2 Å². The molecule has 5 rings (SSSR count). The number of fused-ring (bicyclic) bond motifs is 5. The largest absolute Gasteiger partial charge is 0.478 e. The Labute approximate surface area is 165 Å². The van der Waals surface area contributed by atoms with E-state index in [0.29, 0.717) is 11.5 Å². The van der Waals surface area contributed by atoms with Crippen LogP contribution in [0.5, 0.6) is 0 Å². The molecule has 3 atom stereocenters. The number of aromatic carboxylic acids is 1. The van der Waals surface area contributed by atoms with Gasteiger partial charge in [0.15, 0.2) is 0 Å². The molecule has 28 heavy (non-hydrogen) atoms. The number of anilines is 1. The molecule has 2 N–H and O–H groups in total. The van der Waals surface area contributed by atoms with Crippen molar-refractivity contribution in [1.82, 2.24) is 0 Å².